The van der Waals surface area contributed by atoms with E-state index < -0.39 is 5.97 Å². The van der Waals surface area contributed by atoms with Crippen molar-refractivity contribution in [1.29, 1.82) is 5.26 Å². The molecule has 92 valence electrons. The quantitative estimate of drug-likeness (QED) is 0.515. The van der Waals surface area contributed by atoms with Gasteiger partial charge in [0, 0.05) is 0 Å². The van der Waals surface area contributed by atoms with E-state index >= 15 is 0 Å². The van der Waals surface area contributed by atoms with Crippen LogP contribution in [0, 0.1) is 11.3 Å². The number of fused-ring (bicyclic) bond motifs is 1. The fourth-order valence-corrected chi connectivity index (χ4v) is 1.79. The van der Waals surface area contributed by atoms with Gasteiger partial charge in [-0.2, -0.15) is 5.26 Å². The van der Waals surface area contributed by atoms with Gasteiger partial charge in [0.2, 0.25) is 0 Å². The first-order valence-electron chi connectivity index (χ1n) is 5.72. The summed E-state index contributed by atoms with van der Waals surface area (Å²) in [7, 11) is 0. The zero-order valence-corrected chi connectivity index (χ0v) is 10.1. The van der Waals surface area contributed by atoms with E-state index in [4.69, 9.17) is 10.4 Å². The number of nitriles is 1. The highest BCUT2D eigenvalue weighted by molar-refractivity contribution is 5.91. The van der Waals surface area contributed by atoms with Gasteiger partial charge in [-0.1, -0.05) is 54.6 Å². The Kier molecular flexibility index (Phi) is 3.75. The van der Waals surface area contributed by atoms with Crippen LogP contribution in [0.2, 0.25) is 0 Å². The first-order chi connectivity index (χ1) is 9.22. The summed E-state index contributed by atoms with van der Waals surface area (Å²) < 4.78 is 0. The summed E-state index contributed by atoms with van der Waals surface area (Å²) in [6.45, 7) is 0. The molecule has 0 heterocycles. The zero-order chi connectivity index (χ0) is 13.7. The van der Waals surface area contributed by atoms with Gasteiger partial charge in [-0.15, -0.1) is 0 Å². The molecule has 0 aromatic carbocycles. The van der Waals surface area contributed by atoms with Gasteiger partial charge in [-0.25, -0.2) is 4.79 Å². The molecule has 0 atom stereocenters. The summed E-state index contributed by atoms with van der Waals surface area (Å²) in [5, 5.41) is 17.3. The monoisotopic (exact) mass is 249 g/mol. The maximum Gasteiger partial charge on any atom is 0.346 e. The highest BCUT2D eigenvalue weighted by Gasteiger charge is 2.05. The van der Waals surface area contributed by atoms with Crippen LogP contribution in [-0.2, 0) is 4.79 Å². The molecule has 3 heteroatoms. The average Bonchev–Trinajstić information content (AvgIpc) is 2.62. The van der Waals surface area contributed by atoms with Crippen molar-refractivity contribution in [3.8, 4) is 17.2 Å². The van der Waals surface area contributed by atoms with Crippen LogP contribution in [0.15, 0.2) is 60.2 Å². The normalized spacial score (nSPS) is 11.6. The van der Waals surface area contributed by atoms with Crippen LogP contribution in [-0.4, -0.2) is 11.1 Å². The fraction of sp³-hybridized carbons (Fsp3) is 0. The lowest BCUT2D eigenvalue weighted by Crippen LogP contribution is -1.96. The van der Waals surface area contributed by atoms with Gasteiger partial charge < -0.3 is 5.11 Å². The number of aliphatic carboxylic acids is 1. The minimum absolute atomic E-state index is 0.280. The lowest BCUT2D eigenvalue weighted by Gasteiger charge is -1.94. The van der Waals surface area contributed by atoms with Crippen LogP contribution in [0.1, 0.15) is 5.56 Å². The van der Waals surface area contributed by atoms with Gasteiger partial charge in [0.25, 0.3) is 0 Å². The molecule has 0 fully saturated rings. The lowest BCUT2D eigenvalue weighted by molar-refractivity contribution is -0.132. The van der Waals surface area contributed by atoms with Crippen molar-refractivity contribution in [3.63, 3.8) is 0 Å². The first kappa shape index (κ1) is 12.6. The molecular weight excluding hydrogens is 238 g/mol. The largest absolute Gasteiger partial charge is 0.477 e. The van der Waals surface area contributed by atoms with E-state index in [0.29, 0.717) is 0 Å². The molecule has 0 saturated carbocycles. The smallest absolute Gasteiger partial charge is 0.346 e. The standard InChI is InChI=1S/C16H11NO2/c17-11-14(16(18)19)7-4-6-13-10-9-12-5-2-1-3-8-15(12)13/h1-10H,(H,18,19)/b6-4+,14-7+. The van der Waals surface area contributed by atoms with Crippen molar-refractivity contribution in [2.24, 2.45) is 0 Å². The minimum atomic E-state index is -1.22. The van der Waals surface area contributed by atoms with Crippen LogP contribution in [0.5, 0.6) is 0 Å². The van der Waals surface area contributed by atoms with Crippen LogP contribution < -0.4 is 0 Å². The van der Waals surface area contributed by atoms with E-state index in [2.05, 4.69) is 0 Å². The molecule has 3 nitrogen and oxygen atoms in total. The number of hydrogen-bond acceptors (Lipinski definition) is 2. The third kappa shape index (κ3) is 2.88. The van der Waals surface area contributed by atoms with E-state index in [1.165, 1.54) is 6.08 Å². The number of carboxylic acid groups (broad SMARTS) is 1. The predicted octanol–water partition coefficient (Wildman–Crippen LogP) is 3.34. The van der Waals surface area contributed by atoms with Gasteiger partial charge in [-0.05, 0) is 22.8 Å². The summed E-state index contributed by atoms with van der Waals surface area (Å²) in [5.74, 6) is -1.22. The molecule has 2 rings (SSSR count). The zero-order valence-electron chi connectivity index (χ0n) is 10.1. The summed E-state index contributed by atoms with van der Waals surface area (Å²) >= 11 is 0. The summed E-state index contributed by atoms with van der Waals surface area (Å²) in [4.78, 5) is 10.7. The molecule has 2 aliphatic rings. The first-order valence-corrected chi connectivity index (χ1v) is 5.72. The Bertz CT molecular complexity index is 677. The van der Waals surface area contributed by atoms with Crippen LogP contribution in [0.4, 0.5) is 0 Å². The SMILES string of the molecule is N#C/C(=C\C=C\c1ccc2cccccc1-2)C(=O)O. The average molecular weight is 249 g/mol. The van der Waals surface area contributed by atoms with Crippen LogP contribution in [0.3, 0.4) is 0 Å². The molecule has 0 radical (unpaired) electrons. The minimum Gasteiger partial charge on any atom is -0.477 e. The van der Waals surface area contributed by atoms with Crippen molar-refractivity contribution in [3.05, 3.63) is 65.8 Å². The second-order valence-electron chi connectivity index (χ2n) is 3.92. The molecule has 0 aliphatic heterocycles. The van der Waals surface area contributed by atoms with Crippen molar-refractivity contribution in [2.45, 2.75) is 0 Å². The molecule has 0 aromatic rings. The summed E-state index contributed by atoms with van der Waals surface area (Å²) in [6.07, 6.45) is 4.67. The molecule has 0 saturated heterocycles. The van der Waals surface area contributed by atoms with Crippen LogP contribution in [0.25, 0.3) is 17.2 Å². The van der Waals surface area contributed by atoms with E-state index in [1.54, 1.807) is 18.2 Å². The highest BCUT2D eigenvalue weighted by atomic mass is 16.4. The molecule has 19 heavy (non-hydrogen) atoms. The van der Waals surface area contributed by atoms with Crippen molar-refractivity contribution >= 4 is 12.0 Å². The fourth-order valence-electron chi connectivity index (χ4n) is 1.79. The number of allylic oxidation sites excluding steroid dienone is 2. The Morgan fingerprint density at radius 3 is 2.68 bits per heavy atom. The number of nitrogens with zero attached hydrogens (tertiary/aromatic N) is 1. The maximum absolute atomic E-state index is 10.7. The Hall–Kier alpha value is -2.86. The molecule has 0 spiro atoms. The Balaban J connectivity index is 2.30. The van der Waals surface area contributed by atoms with Gasteiger partial charge in [-0.3, -0.25) is 0 Å². The maximum atomic E-state index is 10.7. The molecule has 0 aromatic heterocycles. The second-order valence-corrected chi connectivity index (χ2v) is 3.92. The van der Waals surface area contributed by atoms with Crippen molar-refractivity contribution in [1.82, 2.24) is 0 Å². The third-order valence-corrected chi connectivity index (χ3v) is 2.71. The van der Waals surface area contributed by atoms with E-state index in [9.17, 15) is 4.79 Å². The van der Waals surface area contributed by atoms with E-state index in [1.807, 2.05) is 42.5 Å². The molecule has 1 N–H and O–H groups in total. The Labute approximate surface area is 111 Å². The number of carboxylic acids is 1. The van der Waals surface area contributed by atoms with Crippen LogP contribution >= 0.6 is 0 Å². The van der Waals surface area contributed by atoms with E-state index in [0.717, 1.165) is 16.7 Å². The van der Waals surface area contributed by atoms with Gasteiger partial charge in [0.1, 0.15) is 11.6 Å². The third-order valence-electron chi connectivity index (χ3n) is 2.71. The van der Waals surface area contributed by atoms with Gasteiger partial charge in [0.05, 0.1) is 0 Å². The summed E-state index contributed by atoms with van der Waals surface area (Å²) in [6, 6.07) is 15.5. The molecule has 0 amide bonds. The summed E-state index contributed by atoms with van der Waals surface area (Å²) in [5.41, 5.74) is 2.92. The highest BCUT2D eigenvalue weighted by Crippen LogP contribution is 2.27. The second kappa shape index (κ2) is 5.65. The molecule has 2 aliphatic carbocycles. The van der Waals surface area contributed by atoms with Crippen molar-refractivity contribution < 1.29 is 9.90 Å². The van der Waals surface area contributed by atoms with Gasteiger partial charge in [0.15, 0.2) is 0 Å². The van der Waals surface area contributed by atoms with E-state index in [-0.39, 0.29) is 5.57 Å². The van der Waals surface area contributed by atoms with Crippen molar-refractivity contribution in [2.75, 3.05) is 0 Å². The van der Waals surface area contributed by atoms with Gasteiger partial charge >= 0.3 is 5.97 Å². The molecular formula is C16H11NO2. The molecule has 0 bridgehead atoms. The lowest BCUT2D eigenvalue weighted by atomic mass is 10.1. The number of hydrogen-bond donors (Lipinski definition) is 1. The molecule has 0 unspecified atom stereocenters. The predicted molar refractivity (Wildman–Crippen MR) is 73.4 cm³/mol. The topological polar surface area (TPSA) is 61.1 Å². The number of rotatable bonds is 3. The Morgan fingerprint density at radius 2 is 1.95 bits per heavy atom. The number of carbonyl (C=O) groups is 1. The Morgan fingerprint density at radius 1 is 1.16 bits per heavy atom.